The van der Waals surface area contributed by atoms with Crippen LogP contribution in [0.1, 0.15) is 6.42 Å². The normalized spacial score (nSPS) is 13.2. The number of carboxylic acid groups (broad SMARTS) is 1. The molecule has 0 aliphatic carbocycles. The second kappa shape index (κ2) is 7.39. The molecule has 9 heteroatoms. The minimum Gasteiger partial charge on any atom is -0.480 e. The Morgan fingerprint density at radius 3 is 2.70 bits per heavy atom. The SMILES string of the molecule is CSCCC(NS(=O)(=O)c1ccc(Br)cc1F)C(=O)O. The summed E-state index contributed by atoms with van der Waals surface area (Å²) in [5, 5.41) is 8.99. The average molecular weight is 386 g/mol. The summed E-state index contributed by atoms with van der Waals surface area (Å²) in [6.07, 6.45) is 1.90. The van der Waals surface area contributed by atoms with Crippen LogP contribution in [-0.2, 0) is 14.8 Å². The van der Waals surface area contributed by atoms with Gasteiger partial charge in [-0.25, -0.2) is 12.8 Å². The van der Waals surface area contributed by atoms with Gasteiger partial charge >= 0.3 is 5.97 Å². The third-order valence-corrected chi connectivity index (χ3v) is 5.03. The van der Waals surface area contributed by atoms with E-state index in [-0.39, 0.29) is 6.42 Å². The number of hydrogen-bond donors (Lipinski definition) is 2. The molecule has 0 aromatic heterocycles. The number of nitrogens with one attached hydrogen (secondary N) is 1. The van der Waals surface area contributed by atoms with E-state index in [9.17, 15) is 17.6 Å². The van der Waals surface area contributed by atoms with Gasteiger partial charge in [0, 0.05) is 4.47 Å². The summed E-state index contributed by atoms with van der Waals surface area (Å²) in [4.78, 5) is 10.4. The van der Waals surface area contributed by atoms with Crippen molar-refractivity contribution in [3.8, 4) is 0 Å². The molecule has 0 saturated carbocycles. The molecule has 0 aliphatic rings. The van der Waals surface area contributed by atoms with Crippen molar-refractivity contribution < 1.29 is 22.7 Å². The Hall–Kier alpha value is -0.640. The number of carboxylic acids is 1. The van der Waals surface area contributed by atoms with Crippen LogP contribution in [0.5, 0.6) is 0 Å². The van der Waals surface area contributed by atoms with E-state index < -0.39 is 32.7 Å². The quantitative estimate of drug-likeness (QED) is 0.750. The fourth-order valence-corrected chi connectivity index (χ4v) is 3.50. The van der Waals surface area contributed by atoms with Crippen LogP contribution >= 0.6 is 27.7 Å². The molecule has 1 aromatic carbocycles. The first-order valence-electron chi connectivity index (χ1n) is 5.47. The second-order valence-corrected chi connectivity index (χ2v) is 7.45. The van der Waals surface area contributed by atoms with Crippen molar-refractivity contribution in [3.63, 3.8) is 0 Å². The van der Waals surface area contributed by atoms with E-state index in [0.717, 1.165) is 12.1 Å². The monoisotopic (exact) mass is 385 g/mol. The second-order valence-electron chi connectivity index (χ2n) is 3.87. The Morgan fingerprint density at radius 1 is 1.55 bits per heavy atom. The smallest absolute Gasteiger partial charge is 0.321 e. The lowest BCUT2D eigenvalue weighted by molar-refractivity contribution is -0.139. The van der Waals surface area contributed by atoms with Gasteiger partial charge in [-0.3, -0.25) is 4.79 Å². The first-order valence-corrected chi connectivity index (χ1v) is 9.14. The topological polar surface area (TPSA) is 83.5 Å². The molecule has 0 radical (unpaired) electrons. The summed E-state index contributed by atoms with van der Waals surface area (Å²) in [6, 6.07) is 2.17. The maximum Gasteiger partial charge on any atom is 0.321 e. The Kier molecular flexibility index (Phi) is 6.44. The van der Waals surface area contributed by atoms with Gasteiger partial charge in [-0.15, -0.1) is 0 Å². The Bertz CT molecular complexity index is 594. The zero-order chi connectivity index (χ0) is 15.3. The van der Waals surface area contributed by atoms with Crippen LogP contribution in [0.3, 0.4) is 0 Å². The van der Waals surface area contributed by atoms with Gasteiger partial charge in [0.15, 0.2) is 0 Å². The van der Waals surface area contributed by atoms with E-state index in [0.29, 0.717) is 10.2 Å². The predicted molar refractivity (Wildman–Crippen MR) is 78.8 cm³/mol. The zero-order valence-corrected chi connectivity index (χ0v) is 13.7. The molecule has 0 fully saturated rings. The van der Waals surface area contributed by atoms with Crippen LogP contribution < -0.4 is 4.72 Å². The van der Waals surface area contributed by atoms with E-state index in [1.807, 2.05) is 4.72 Å². The largest absolute Gasteiger partial charge is 0.480 e. The highest BCUT2D eigenvalue weighted by atomic mass is 79.9. The maximum absolute atomic E-state index is 13.6. The zero-order valence-electron chi connectivity index (χ0n) is 10.5. The van der Waals surface area contributed by atoms with E-state index in [1.165, 1.54) is 17.8 Å². The Labute approximate surface area is 129 Å². The summed E-state index contributed by atoms with van der Waals surface area (Å²) in [6.45, 7) is 0. The van der Waals surface area contributed by atoms with Gasteiger partial charge < -0.3 is 5.11 Å². The van der Waals surface area contributed by atoms with Crippen LogP contribution in [0.15, 0.2) is 27.6 Å². The number of aliphatic carboxylic acids is 1. The molecule has 1 unspecified atom stereocenters. The van der Waals surface area contributed by atoms with Crippen molar-refractivity contribution in [3.05, 3.63) is 28.5 Å². The van der Waals surface area contributed by atoms with Crippen LogP contribution in [0, 0.1) is 5.82 Å². The van der Waals surface area contributed by atoms with Crippen molar-refractivity contribution in [1.82, 2.24) is 4.72 Å². The highest BCUT2D eigenvalue weighted by molar-refractivity contribution is 9.10. The van der Waals surface area contributed by atoms with Crippen molar-refractivity contribution in [1.29, 1.82) is 0 Å². The fraction of sp³-hybridized carbons (Fsp3) is 0.364. The third-order valence-electron chi connectivity index (χ3n) is 2.39. The summed E-state index contributed by atoms with van der Waals surface area (Å²) < 4.78 is 40.1. The molecule has 0 bridgehead atoms. The van der Waals surface area contributed by atoms with Crippen LogP contribution in [-0.4, -0.2) is 37.5 Å². The Morgan fingerprint density at radius 2 is 2.20 bits per heavy atom. The fourth-order valence-electron chi connectivity index (χ4n) is 1.41. The first-order chi connectivity index (χ1) is 9.27. The van der Waals surface area contributed by atoms with Crippen LogP contribution in [0.2, 0.25) is 0 Å². The molecular weight excluding hydrogens is 373 g/mol. The minimum atomic E-state index is -4.22. The van der Waals surface area contributed by atoms with E-state index in [1.54, 1.807) is 6.26 Å². The molecule has 0 heterocycles. The summed E-state index contributed by atoms with van der Waals surface area (Å²) in [5.41, 5.74) is 0. The highest BCUT2D eigenvalue weighted by Gasteiger charge is 2.27. The van der Waals surface area contributed by atoms with E-state index in [2.05, 4.69) is 15.9 Å². The summed E-state index contributed by atoms with van der Waals surface area (Å²) in [7, 11) is -4.22. The molecule has 112 valence electrons. The van der Waals surface area contributed by atoms with Gasteiger partial charge in [-0.1, -0.05) is 15.9 Å². The van der Waals surface area contributed by atoms with Gasteiger partial charge in [-0.2, -0.15) is 16.5 Å². The molecule has 0 amide bonds. The third kappa shape index (κ3) is 4.72. The lowest BCUT2D eigenvalue weighted by atomic mass is 10.2. The number of carbonyl (C=O) groups is 1. The highest BCUT2D eigenvalue weighted by Crippen LogP contribution is 2.20. The number of halogens is 2. The van der Waals surface area contributed by atoms with Gasteiger partial charge in [-0.05, 0) is 36.6 Å². The van der Waals surface area contributed by atoms with Crippen molar-refractivity contribution in [2.75, 3.05) is 12.0 Å². The molecule has 2 N–H and O–H groups in total. The average Bonchev–Trinajstić information content (AvgIpc) is 2.33. The predicted octanol–water partition coefficient (Wildman–Crippen LogP) is 2.07. The number of thioether (sulfide) groups is 1. The summed E-state index contributed by atoms with van der Waals surface area (Å²) in [5.74, 6) is -1.76. The lowest BCUT2D eigenvalue weighted by Crippen LogP contribution is -2.41. The van der Waals surface area contributed by atoms with Crippen molar-refractivity contribution >= 4 is 43.7 Å². The maximum atomic E-state index is 13.6. The van der Waals surface area contributed by atoms with Gasteiger partial charge in [0.25, 0.3) is 0 Å². The molecule has 1 atom stereocenters. The summed E-state index contributed by atoms with van der Waals surface area (Å²) >= 11 is 4.42. The molecule has 20 heavy (non-hydrogen) atoms. The van der Waals surface area contributed by atoms with Gasteiger partial charge in [0.05, 0.1) is 0 Å². The number of benzene rings is 1. The minimum absolute atomic E-state index is 0.119. The van der Waals surface area contributed by atoms with E-state index >= 15 is 0 Å². The van der Waals surface area contributed by atoms with Gasteiger partial charge in [0.1, 0.15) is 16.8 Å². The molecule has 0 spiro atoms. The van der Waals surface area contributed by atoms with Crippen LogP contribution in [0.25, 0.3) is 0 Å². The number of sulfonamides is 1. The molecule has 1 rings (SSSR count). The molecule has 1 aromatic rings. The van der Waals surface area contributed by atoms with Crippen molar-refractivity contribution in [2.45, 2.75) is 17.4 Å². The van der Waals surface area contributed by atoms with Gasteiger partial charge in [0.2, 0.25) is 10.0 Å². The molecular formula is C11H13BrFNO4S2. The number of hydrogen-bond acceptors (Lipinski definition) is 4. The van der Waals surface area contributed by atoms with E-state index in [4.69, 9.17) is 5.11 Å². The first kappa shape index (κ1) is 17.4. The molecule has 5 nitrogen and oxygen atoms in total. The van der Waals surface area contributed by atoms with Crippen molar-refractivity contribution in [2.24, 2.45) is 0 Å². The Balaban J connectivity index is 3.00. The van der Waals surface area contributed by atoms with Crippen LogP contribution in [0.4, 0.5) is 4.39 Å². The standard InChI is InChI=1S/C11H13BrFNO4S2/c1-19-5-4-9(11(15)16)14-20(17,18)10-3-2-7(12)6-8(10)13/h2-3,6,9,14H,4-5H2,1H3,(H,15,16). The number of rotatable bonds is 7. The molecule has 0 aliphatic heterocycles. The lowest BCUT2D eigenvalue weighted by Gasteiger charge is -2.14. The molecule has 0 saturated heterocycles.